The Morgan fingerprint density at radius 3 is 2.48 bits per heavy atom. The van der Waals surface area contributed by atoms with Crippen LogP contribution in [0.25, 0.3) is 0 Å². The largest absolute Gasteiger partial charge is 0.366 e. The third kappa shape index (κ3) is 5.95. The molecule has 21 heavy (non-hydrogen) atoms. The van der Waals surface area contributed by atoms with Crippen LogP contribution < -0.4 is 10.6 Å². The van der Waals surface area contributed by atoms with Crippen LogP contribution in [0.1, 0.15) is 43.6 Å². The Hall–Kier alpha value is -1.88. The van der Waals surface area contributed by atoms with Crippen LogP contribution in [-0.2, 0) is 9.53 Å². The Kier molecular flexibility index (Phi) is 5.90. The van der Waals surface area contributed by atoms with E-state index < -0.39 is 0 Å². The van der Waals surface area contributed by atoms with Crippen LogP contribution in [0.4, 0.5) is 5.69 Å². The number of ether oxygens (including phenoxy) is 1. The lowest BCUT2D eigenvalue weighted by molar-refractivity contribution is -0.125. The van der Waals surface area contributed by atoms with E-state index in [4.69, 9.17) is 4.74 Å². The van der Waals surface area contributed by atoms with Crippen LogP contribution >= 0.6 is 0 Å². The minimum atomic E-state index is -0.366. The Morgan fingerprint density at radius 2 is 1.90 bits per heavy atom. The molecule has 0 aliphatic rings. The van der Waals surface area contributed by atoms with Gasteiger partial charge in [0.2, 0.25) is 5.91 Å². The topological polar surface area (TPSA) is 67.4 Å². The Bertz CT molecular complexity index is 519. The molecule has 2 N–H and O–H groups in total. The lowest BCUT2D eigenvalue weighted by Gasteiger charge is -2.19. The van der Waals surface area contributed by atoms with Gasteiger partial charge in [0.25, 0.3) is 5.91 Å². The standard InChI is InChI=1S/C16H24N2O3/c1-6-17-15(20)12-8-7-11(2)13(9-12)18-14(19)10-21-16(3,4)5/h7-9H,6,10H2,1-5H3,(H,17,20)(H,18,19). The molecule has 0 spiro atoms. The second-order valence-corrected chi connectivity index (χ2v) is 5.84. The zero-order valence-electron chi connectivity index (χ0n) is 13.4. The first-order chi connectivity index (χ1) is 9.73. The minimum Gasteiger partial charge on any atom is -0.366 e. The summed E-state index contributed by atoms with van der Waals surface area (Å²) in [6.07, 6.45) is 0. The average Bonchev–Trinajstić information content (AvgIpc) is 2.38. The first-order valence-electron chi connectivity index (χ1n) is 7.05. The van der Waals surface area contributed by atoms with Crippen LogP contribution in [0.3, 0.4) is 0 Å². The number of rotatable bonds is 5. The van der Waals surface area contributed by atoms with Crippen molar-refractivity contribution in [2.45, 2.75) is 40.2 Å². The summed E-state index contributed by atoms with van der Waals surface area (Å²) in [5.41, 5.74) is 1.68. The maximum atomic E-state index is 11.9. The fourth-order valence-corrected chi connectivity index (χ4v) is 1.63. The molecule has 0 radical (unpaired) electrons. The number of hydrogen-bond acceptors (Lipinski definition) is 3. The molecule has 2 amide bonds. The summed E-state index contributed by atoms with van der Waals surface area (Å²) in [7, 11) is 0. The Labute approximate surface area is 126 Å². The number of carbonyl (C=O) groups excluding carboxylic acids is 2. The van der Waals surface area contributed by atoms with E-state index in [0.29, 0.717) is 17.8 Å². The zero-order valence-corrected chi connectivity index (χ0v) is 13.4. The van der Waals surface area contributed by atoms with Gasteiger partial charge in [-0.25, -0.2) is 0 Å². The third-order valence-electron chi connectivity index (χ3n) is 2.75. The monoisotopic (exact) mass is 292 g/mol. The molecule has 0 fully saturated rings. The van der Waals surface area contributed by atoms with Crippen LogP contribution in [0, 0.1) is 6.92 Å². The van der Waals surface area contributed by atoms with Crippen LogP contribution in [-0.4, -0.2) is 30.6 Å². The molecule has 5 heteroatoms. The van der Waals surface area contributed by atoms with Crippen molar-refractivity contribution in [2.24, 2.45) is 0 Å². The molecule has 116 valence electrons. The van der Waals surface area contributed by atoms with Crippen molar-refractivity contribution in [2.75, 3.05) is 18.5 Å². The van der Waals surface area contributed by atoms with E-state index in [9.17, 15) is 9.59 Å². The van der Waals surface area contributed by atoms with Gasteiger partial charge in [-0.05, 0) is 52.3 Å². The second kappa shape index (κ2) is 7.22. The second-order valence-electron chi connectivity index (χ2n) is 5.84. The highest BCUT2D eigenvalue weighted by Crippen LogP contribution is 2.17. The molecule has 1 aromatic carbocycles. The van der Waals surface area contributed by atoms with Crippen molar-refractivity contribution >= 4 is 17.5 Å². The molecule has 0 atom stereocenters. The van der Waals surface area contributed by atoms with Crippen molar-refractivity contribution in [3.63, 3.8) is 0 Å². The molecule has 0 bridgehead atoms. The van der Waals surface area contributed by atoms with E-state index >= 15 is 0 Å². The molecule has 0 aliphatic heterocycles. The van der Waals surface area contributed by atoms with Gasteiger partial charge in [0.15, 0.2) is 0 Å². The maximum absolute atomic E-state index is 11.9. The smallest absolute Gasteiger partial charge is 0.251 e. The summed E-state index contributed by atoms with van der Waals surface area (Å²) >= 11 is 0. The normalized spacial score (nSPS) is 11.1. The predicted octanol–water partition coefficient (Wildman–Crippen LogP) is 2.50. The molecule has 0 saturated carbocycles. The molecular formula is C16H24N2O3. The third-order valence-corrected chi connectivity index (χ3v) is 2.75. The molecular weight excluding hydrogens is 268 g/mol. The van der Waals surface area contributed by atoms with Crippen molar-refractivity contribution in [3.05, 3.63) is 29.3 Å². The zero-order chi connectivity index (χ0) is 16.0. The van der Waals surface area contributed by atoms with Gasteiger partial charge in [0.1, 0.15) is 6.61 Å². The lowest BCUT2D eigenvalue weighted by Crippen LogP contribution is -2.27. The van der Waals surface area contributed by atoms with Gasteiger partial charge in [0, 0.05) is 17.8 Å². The van der Waals surface area contributed by atoms with Gasteiger partial charge < -0.3 is 15.4 Å². The fourth-order valence-electron chi connectivity index (χ4n) is 1.63. The summed E-state index contributed by atoms with van der Waals surface area (Å²) in [4.78, 5) is 23.7. The van der Waals surface area contributed by atoms with Gasteiger partial charge in [-0.1, -0.05) is 6.07 Å². The van der Waals surface area contributed by atoms with E-state index in [1.807, 2.05) is 40.7 Å². The van der Waals surface area contributed by atoms with Gasteiger partial charge in [-0.3, -0.25) is 9.59 Å². The molecule has 0 saturated heterocycles. The van der Waals surface area contributed by atoms with Crippen molar-refractivity contribution in [1.82, 2.24) is 5.32 Å². The number of benzene rings is 1. The first kappa shape index (κ1) is 17.2. The summed E-state index contributed by atoms with van der Waals surface area (Å²) in [5.74, 6) is -0.389. The number of hydrogen-bond donors (Lipinski definition) is 2. The van der Waals surface area contributed by atoms with E-state index in [2.05, 4.69) is 10.6 Å². The van der Waals surface area contributed by atoms with Crippen LogP contribution in [0.2, 0.25) is 0 Å². The summed E-state index contributed by atoms with van der Waals surface area (Å²) in [6, 6.07) is 5.22. The number of anilines is 1. The van der Waals surface area contributed by atoms with Crippen molar-refractivity contribution in [3.8, 4) is 0 Å². The SMILES string of the molecule is CCNC(=O)c1ccc(C)c(NC(=O)COC(C)(C)C)c1. The lowest BCUT2D eigenvalue weighted by atomic mass is 10.1. The highest BCUT2D eigenvalue weighted by atomic mass is 16.5. The van der Waals surface area contributed by atoms with Gasteiger partial charge in [-0.15, -0.1) is 0 Å². The molecule has 0 unspecified atom stereocenters. The van der Waals surface area contributed by atoms with E-state index in [1.165, 1.54) is 0 Å². The minimum absolute atomic E-state index is 0.0195. The van der Waals surface area contributed by atoms with Crippen LogP contribution in [0.5, 0.6) is 0 Å². The molecule has 0 heterocycles. The number of nitrogens with one attached hydrogen (secondary N) is 2. The Balaban J connectivity index is 2.76. The number of amides is 2. The molecule has 5 nitrogen and oxygen atoms in total. The highest BCUT2D eigenvalue weighted by Gasteiger charge is 2.14. The molecule has 1 rings (SSSR count). The van der Waals surface area contributed by atoms with Gasteiger partial charge in [-0.2, -0.15) is 0 Å². The fraction of sp³-hybridized carbons (Fsp3) is 0.500. The molecule has 0 aromatic heterocycles. The summed E-state index contributed by atoms with van der Waals surface area (Å²) in [6.45, 7) is 9.95. The highest BCUT2D eigenvalue weighted by molar-refractivity contribution is 5.98. The van der Waals surface area contributed by atoms with E-state index in [-0.39, 0.29) is 24.0 Å². The summed E-state index contributed by atoms with van der Waals surface area (Å²) in [5, 5.41) is 5.51. The quantitative estimate of drug-likeness (QED) is 0.876. The van der Waals surface area contributed by atoms with Crippen molar-refractivity contribution < 1.29 is 14.3 Å². The van der Waals surface area contributed by atoms with E-state index in [1.54, 1.807) is 12.1 Å². The first-order valence-corrected chi connectivity index (χ1v) is 7.05. The van der Waals surface area contributed by atoms with Gasteiger partial charge >= 0.3 is 0 Å². The molecule has 0 aliphatic carbocycles. The Morgan fingerprint density at radius 1 is 1.24 bits per heavy atom. The average molecular weight is 292 g/mol. The predicted molar refractivity (Wildman–Crippen MR) is 83.5 cm³/mol. The molecule has 1 aromatic rings. The summed E-state index contributed by atoms with van der Waals surface area (Å²) < 4.78 is 5.43. The maximum Gasteiger partial charge on any atom is 0.251 e. The van der Waals surface area contributed by atoms with Gasteiger partial charge in [0.05, 0.1) is 5.60 Å². The number of carbonyl (C=O) groups is 2. The van der Waals surface area contributed by atoms with Crippen molar-refractivity contribution in [1.29, 1.82) is 0 Å². The number of aryl methyl sites for hydroxylation is 1. The van der Waals surface area contributed by atoms with Crippen LogP contribution in [0.15, 0.2) is 18.2 Å². The van der Waals surface area contributed by atoms with E-state index in [0.717, 1.165) is 5.56 Å².